The Balaban J connectivity index is 2.27. The highest BCUT2D eigenvalue weighted by molar-refractivity contribution is 5.71. The van der Waals surface area contributed by atoms with Gasteiger partial charge in [-0.15, -0.1) is 0 Å². The predicted octanol–water partition coefficient (Wildman–Crippen LogP) is 2.99. The largest absolute Gasteiger partial charge is 0.481 e. The molecule has 0 saturated heterocycles. The minimum atomic E-state index is -0.744. The molecule has 1 aliphatic carbocycles. The first-order chi connectivity index (χ1) is 7.97. The molecule has 0 amide bonds. The van der Waals surface area contributed by atoms with Gasteiger partial charge in [-0.1, -0.05) is 26.0 Å². The molecule has 1 aliphatic rings. The van der Waals surface area contributed by atoms with E-state index in [9.17, 15) is 4.79 Å². The van der Waals surface area contributed by atoms with E-state index < -0.39 is 5.97 Å². The molecule has 0 spiro atoms. The normalized spacial score (nSPS) is 18.5. The second-order valence-electron chi connectivity index (χ2n) is 5.53. The lowest BCUT2D eigenvalue weighted by Crippen LogP contribution is -2.07. The third-order valence-electron chi connectivity index (χ3n) is 3.91. The average Bonchev–Trinajstić information content (AvgIpc) is 2.60. The zero-order chi connectivity index (χ0) is 12.6. The Kier molecular flexibility index (Phi) is 3.23. The van der Waals surface area contributed by atoms with Crippen LogP contribution in [0.25, 0.3) is 0 Å². The van der Waals surface area contributed by atoms with E-state index in [0.717, 1.165) is 29.9 Å². The zero-order valence-electron chi connectivity index (χ0n) is 10.8. The van der Waals surface area contributed by atoms with Gasteiger partial charge in [0.1, 0.15) is 0 Å². The lowest BCUT2D eigenvalue weighted by molar-refractivity contribution is -0.136. The molecule has 0 saturated carbocycles. The number of aryl methyl sites for hydroxylation is 1. The molecule has 17 heavy (non-hydrogen) atoms. The number of rotatable bonds is 3. The summed E-state index contributed by atoms with van der Waals surface area (Å²) in [6.45, 7) is 6.55. The third-order valence-corrected chi connectivity index (χ3v) is 3.91. The van der Waals surface area contributed by atoms with Gasteiger partial charge in [-0.05, 0) is 53.9 Å². The molecular weight excluding hydrogens is 212 g/mol. The molecule has 92 valence electrons. The summed E-state index contributed by atoms with van der Waals surface area (Å²) >= 11 is 0. The highest BCUT2D eigenvalue weighted by Crippen LogP contribution is 2.33. The van der Waals surface area contributed by atoms with E-state index >= 15 is 0 Å². The first kappa shape index (κ1) is 12.2. The molecule has 0 heterocycles. The van der Waals surface area contributed by atoms with Gasteiger partial charge in [0.05, 0.1) is 6.42 Å². The summed E-state index contributed by atoms with van der Waals surface area (Å²) in [5, 5.41) is 8.88. The summed E-state index contributed by atoms with van der Waals surface area (Å²) in [6.07, 6.45) is 2.41. The molecule has 2 rings (SSSR count). The van der Waals surface area contributed by atoms with E-state index in [-0.39, 0.29) is 6.42 Å². The Morgan fingerprint density at radius 2 is 1.94 bits per heavy atom. The molecule has 1 unspecified atom stereocenters. The van der Waals surface area contributed by atoms with E-state index in [2.05, 4.69) is 26.0 Å². The number of carboxylic acids is 1. The summed E-state index contributed by atoms with van der Waals surface area (Å²) in [7, 11) is 0. The monoisotopic (exact) mass is 232 g/mol. The van der Waals surface area contributed by atoms with Gasteiger partial charge in [0, 0.05) is 0 Å². The molecule has 1 aromatic rings. The summed E-state index contributed by atoms with van der Waals surface area (Å²) in [4.78, 5) is 10.8. The molecule has 0 aromatic heterocycles. The molecule has 0 aliphatic heterocycles. The van der Waals surface area contributed by atoms with Crippen LogP contribution >= 0.6 is 0 Å². The van der Waals surface area contributed by atoms with E-state index in [0.29, 0.717) is 5.92 Å². The molecule has 2 nitrogen and oxygen atoms in total. The van der Waals surface area contributed by atoms with Gasteiger partial charge in [0.15, 0.2) is 0 Å². The van der Waals surface area contributed by atoms with Crippen molar-refractivity contribution in [2.45, 2.75) is 40.0 Å². The summed E-state index contributed by atoms with van der Waals surface area (Å²) in [6, 6.07) is 4.30. The summed E-state index contributed by atoms with van der Waals surface area (Å²) < 4.78 is 0. The number of benzene rings is 1. The van der Waals surface area contributed by atoms with Crippen LogP contribution in [0.4, 0.5) is 0 Å². The van der Waals surface area contributed by atoms with Crippen LogP contribution in [-0.2, 0) is 24.1 Å². The van der Waals surface area contributed by atoms with Crippen LogP contribution < -0.4 is 0 Å². The van der Waals surface area contributed by atoms with Gasteiger partial charge < -0.3 is 5.11 Å². The van der Waals surface area contributed by atoms with E-state index in [4.69, 9.17) is 5.11 Å². The Hall–Kier alpha value is -1.31. The van der Waals surface area contributed by atoms with Crippen molar-refractivity contribution in [3.63, 3.8) is 0 Å². The quantitative estimate of drug-likeness (QED) is 0.869. The highest BCUT2D eigenvalue weighted by atomic mass is 16.4. The van der Waals surface area contributed by atoms with Crippen molar-refractivity contribution in [2.75, 3.05) is 0 Å². The van der Waals surface area contributed by atoms with Crippen LogP contribution in [0.3, 0.4) is 0 Å². The van der Waals surface area contributed by atoms with Crippen LogP contribution in [0.5, 0.6) is 0 Å². The fourth-order valence-electron chi connectivity index (χ4n) is 2.71. The Bertz CT molecular complexity index is 446. The maximum atomic E-state index is 10.8. The van der Waals surface area contributed by atoms with Crippen molar-refractivity contribution in [1.82, 2.24) is 0 Å². The van der Waals surface area contributed by atoms with Crippen molar-refractivity contribution in [1.29, 1.82) is 0 Å². The summed E-state index contributed by atoms with van der Waals surface area (Å²) in [5.74, 6) is 0.682. The van der Waals surface area contributed by atoms with Crippen molar-refractivity contribution in [2.24, 2.45) is 11.8 Å². The topological polar surface area (TPSA) is 37.3 Å². The molecule has 0 bridgehead atoms. The number of carbonyl (C=O) groups is 1. The first-order valence-corrected chi connectivity index (χ1v) is 6.30. The van der Waals surface area contributed by atoms with Crippen LogP contribution in [0.2, 0.25) is 0 Å². The standard InChI is InChI=1S/C15H20O2/c1-9(2)11-5-13-4-10(3)12(8-15(16)17)7-14(13)6-11/h4,7,9,11H,5-6,8H2,1-3H3,(H,16,17). The van der Waals surface area contributed by atoms with Crippen LogP contribution in [0, 0.1) is 18.8 Å². The molecule has 0 fully saturated rings. The Labute approximate surface area is 103 Å². The second kappa shape index (κ2) is 4.52. The Morgan fingerprint density at radius 1 is 1.35 bits per heavy atom. The maximum absolute atomic E-state index is 10.8. The van der Waals surface area contributed by atoms with Gasteiger partial charge in [-0.2, -0.15) is 0 Å². The van der Waals surface area contributed by atoms with E-state index in [1.54, 1.807) is 0 Å². The van der Waals surface area contributed by atoms with Gasteiger partial charge in [-0.25, -0.2) is 0 Å². The van der Waals surface area contributed by atoms with E-state index in [1.165, 1.54) is 11.1 Å². The van der Waals surface area contributed by atoms with Crippen molar-refractivity contribution >= 4 is 5.97 Å². The number of hydrogen-bond donors (Lipinski definition) is 1. The first-order valence-electron chi connectivity index (χ1n) is 6.30. The predicted molar refractivity (Wildman–Crippen MR) is 68.3 cm³/mol. The van der Waals surface area contributed by atoms with Crippen molar-refractivity contribution < 1.29 is 9.90 Å². The zero-order valence-corrected chi connectivity index (χ0v) is 10.8. The van der Waals surface area contributed by atoms with Gasteiger partial charge in [0.25, 0.3) is 0 Å². The number of fused-ring (bicyclic) bond motifs is 1. The molecule has 1 N–H and O–H groups in total. The lowest BCUT2D eigenvalue weighted by atomic mass is 9.93. The third kappa shape index (κ3) is 2.51. The van der Waals surface area contributed by atoms with Crippen molar-refractivity contribution in [3.05, 3.63) is 34.4 Å². The smallest absolute Gasteiger partial charge is 0.307 e. The fourth-order valence-corrected chi connectivity index (χ4v) is 2.71. The number of hydrogen-bond acceptors (Lipinski definition) is 1. The summed E-state index contributed by atoms with van der Waals surface area (Å²) in [5.41, 5.74) is 4.89. The van der Waals surface area contributed by atoms with Crippen LogP contribution in [-0.4, -0.2) is 11.1 Å². The minimum absolute atomic E-state index is 0.144. The SMILES string of the molecule is Cc1cc2c(cc1CC(=O)O)CC(C(C)C)C2. The maximum Gasteiger partial charge on any atom is 0.307 e. The fraction of sp³-hybridized carbons (Fsp3) is 0.533. The van der Waals surface area contributed by atoms with Gasteiger partial charge in [-0.3, -0.25) is 4.79 Å². The number of carboxylic acid groups (broad SMARTS) is 1. The van der Waals surface area contributed by atoms with Gasteiger partial charge in [0.2, 0.25) is 0 Å². The minimum Gasteiger partial charge on any atom is -0.481 e. The van der Waals surface area contributed by atoms with Crippen LogP contribution in [0.15, 0.2) is 12.1 Å². The molecule has 2 heteroatoms. The highest BCUT2D eigenvalue weighted by Gasteiger charge is 2.24. The molecule has 0 radical (unpaired) electrons. The average molecular weight is 232 g/mol. The Morgan fingerprint density at radius 3 is 2.47 bits per heavy atom. The van der Waals surface area contributed by atoms with E-state index in [1.807, 2.05) is 6.92 Å². The molecule has 1 atom stereocenters. The van der Waals surface area contributed by atoms with Gasteiger partial charge >= 0.3 is 5.97 Å². The second-order valence-corrected chi connectivity index (χ2v) is 5.53. The molecular formula is C15H20O2. The molecule has 1 aromatic carbocycles. The number of aliphatic carboxylic acids is 1. The lowest BCUT2D eigenvalue weighted by Gasteiger charge is -2.12. The van der Waals surface area contributed by atoms with Crippen molar-refractivity contribution in [3.8, 4) is 0 Å². The van der Waals surface area contributed by atoms with Crippen LogP contribution in [0.1, 0.15) is 36.1 Å².